The van der Waals surface area contributed by atoms with Gasteiger partial charge in [0.2, 0.25) is 11.1 Å². The maximum atomic E-state index is 12.2. The third-order valence-corrected chi connectivity index (χ3v) is 5.01. The molecule has 1 heterocycles. The molecule has 1 N–H and O–H groups in total. The largest absolute Gasteiger partial charge is 0.325 e. The van der Waals surface area contributed by atoms with Crippen molar-refractivity contribution < 1.29 is 4.79 Å². The zero-order valence-electron chi connectivity index (χ0n) is 14.0. The highest BCUT2D eigenvalue weighted by Crippen LogP contribution is 2.24. The van der Waals surface area contributed by atoms with Crippen molar-refractivity contribution in [2.24, 2.45) is 0 Å². The number of thioether (sulfide) groups is 1. The first-order chi connectivity index (χ1) is 12.4. The fourth-order valence-corrected chi connectivity index (χ4v) is 3.46. The predicted octanol–water partition coefficient (Wildman–Crippen LogP) is 4.32. The average Bonchev–Trinajstić information content (AvgIpc) is 3.03. The van der Waals surface area contributed by atoms with E-state index in [1.54, 1.807) is 22.9 Å². The molecule has 0 aliphatic heterocycles. The van der Waals surface area contributed by atoms with E-state index >= 15 is 0 Å². The summed E-state index contributed by atoms with van der Waals surface area (Å²) in [5.41, 5.74) is 3.73. The Balaban J connectivity index is 1.68. The Hall–Kier alpha value is -2.09. The number of benzene rings is 2. The van der Waals surface area contributed by atoms with Gasteiger partial charge in [-0.1, -0.05) is 41.0 Å². The van der Waals surface area contributed by atoms with Crippen LogP contribution in [-0.2, 0) is 4.79 Å². The number of amides is 1. The number of anilines is 1. The first-order valence-electron chi connectivity index (χ1n) is 7.67. The molecule has 0 aliphatic rings. The molecule has 2 aromatic carbocycles. The molecule has 0 atom stereocenters. The average molecular weight is 408 g/mol. The van der Waals surface area contributed by atoms with Crippen LogP contribution in [-0.4, -0.2) is 31.9 Å². The van der Waals surface area contributed by atoms with Crippen molar-refractivity contribution >= 4 is 46.6 Å². The number of rotatable bonds is 5. The molecule has 9 heteroatoms. The molecule has 0 fully saturated rings. The standard InChI is InChI=1S/C17H15Cl2N5OS/c1-10-3-4-15(5-11(10)2)24-17(21-22-23-24)26-9-16(25)20-14-7-12(18)6-13(19)8-14/h3-8H,9H2,1-2H3,(H,20,25). The minimum absolute atomic E-state index is 0.148. The van der Waals surface area contributed by atoms with Crippen molar-refractivity contribution in [2.75, 3.05) is 11.1 Å². The van der Waals surface area contributed by atoms with Gasteiger partial charge in [0.15, 0.2) is 0 Å². The number of aryl methyl sites for hydroxylation is 2. The Bertz CT molecular complexity index is 940. The van der Waals surface area contributed by atoms with E-state index in [-0.39, 0.29) is 11.7 Å². The van der Waals surface area contributed by atoms with Gasteiger partial charge in [-0.25, -0.2) is 0 Å². The van der Waals surface area contributed by atoms with Crippen LogP contribution < -0.4 is 5.32 Å². The van der Waals surface area contributed by atoms with Gasteiger partial charge in [0, 0.05) is 15.7 Å². The molecule has 1 aromatic heterocycles. The fraction of sp³-hybridized carbons (Fsp3) is 0.176. The number of carbonyl (C=O) groups is 1. The van der Waals surface area contributed by atoms with E-state index in [1.807, 2.05) is 32.0 Å². The number of carbonyl (C=O) groups excluding carboxylic acids is 1. The van der Waals surface area contributed by atoms with Gasteiger partial charge in [-0.15, -0.1) is 5.10 Å². The molecule has 0 saturated carbocycles. The molecule has 0 radical (unpaired) electrons. The summed E-state index contributed by atoms with van der Waals surface area (Å²) in [6, 6.07) is 10.8. The number of tetrazole rings is 1. The van der Waals surface area contributed by atoms with Crippen molar-refractivity contribution in [1.82, 2.24) is 20.2 Å². The lowest BCUT2D eigenvalue weighted by atomic mass is 10.1. The lowest BCUT2D eigenvalue weighted by Crippen LogP contribution is -2.14. The van der Waals surface area contributed by atoms with Crippen molar-refractivity contribution in [2.45, 2.75) is 19.0 Å². The van der Waals surface area contributed by atoms with Gasteiger partial charge in [0.25, 0.3) is 0 Å². The molecule has 3 aromatic rings. The SMILES string of the molecule is Cc1ccc(-n2nnnc2SCC(=O)Nc2cc(Cl)cc(Cl)c2)cc1C. The Labute approximate surface area is 164 Å². The van der Waals surface area contributed by atoms with E-state index in [0.717, 1.165) is 11.3 Å². The molecule has 134 valence electrons. The van der Waals surface area contributed by atoms with Crippen LogP contribution in [0, 0.1) is 13.8 Å². The fourth-order valence-electron chi connectivity index (χ4n) is 2.24. The minimum Gasteiger partial charge on any atom is -0.325 e. The Morgan fingerprint density at radius 1 is 1.12 bits per heavy atom. The predicted molar refractivity (Wildman–Crippen MR) is 104 cm³/mol. The molecule has 0 spiro atoms. The zero-order chi connectivity index (χ0) is 18.7. The van der Waals surface area contributed by atoms with Crippen molar-refractivity contribution in [3.8, 4) is 5.69 Å². The topological polar surface area (TPSA) is 72.7 Å². The van der Waals surface area contributed by atoms with E-state index in [9.17, 15) is 4.79 Å². The molecule has 3 rings (SSSR count). The quantitative estimate of drug-likeness (QED) is 0.637. The van der Waals surface area contributed by atoms with Gasteiger partial charge < -0.3 is 5.32 Å². The van der Waals surface area contributed by atoms with Crippen LogP contribution in [0.3, 0.4) is 0 Å². The first-order valence-corrected chi connectivity index (χ1v) is 9.41. The highest BCUT2D eigenvalue weighted by Gasteiger charge is 2.12. The second kappa shape index (κ2) is 8.07. The monoisotopic (exact) mass is 407 g/mol. The molecule has 0 saturated heterocycles. The van der Waals surface area contributed by atoms with Gasteiger partial charge in [-0.3, -0.25) is 4.79 Å². The molecule has 0 aliphatic carbocycles. The Morgan fingerprint density at radius 3 is 2.54 bits per heavy atom. The van der Waals surface area contributed by atoms with Crippen LogP contribution >= 0.6 is 35.0 Å². The Morgan fingerprint density at radius 2 is 1.85 bits per heavy atom. The number of hydrogen-bond donors (Lipinski definition) is 1. The van der Waals surface area contributed by atoms with Crippen molar-refractivity contribution in [3.63, 3.8) is 0 Å². The van der Waals surface area contributed by atoms with Gasteiger partial charge in [-0.05, 0) is 65.7 Å². The van der Waals surface area contributed by atoms with Crippen LogP contribution in [0.1, 0.15) is 11.1 Å². The van der Waals surface area contributed by atoms with Crippen LogP contribution in [0.5, 0.6) is 0 Å². The van der Waals surface area contributed by atoms with E-state index < -0.39 is 0 Å². The lowest BCUT2D eigenvalue weighted by Gasteiger charge is -2.08. The van der Waals surface area contributed by atoms with Crippen LogP contribution in [0.25, 0.3) is 5.69 Å². The molecule has 0 unspecified atom stereocenters. The van der Waals surface area contributed by atoms with E-state index in [0.29, 0.717) is 20.9 Å². The third kappa shape index (κ3) is 4.55. The maximum absolute atomic E-state index is 12.2. The second-order valence-corrected chi connectivity index (χ2v) is 7.45. The van der Waals surface area contributed by atoms with Crippen LogP contribution in [0.2, 0.25) is 10.0 Å². The zero-order valence-corrected chi connectivity index (χ0v) is 16.4. The highest BCUT2D eigenvalue weighted by molar-refractivity contribution is 7.99. The second-order valence-electron chi connectivity index (χ2n) is 5.64. The molecule has 6 nitrogen and oxygen atoms in total. The first kappa shape index (κ1) is 18.7. The van der Waals surface area contributed by atoms with E-state index in [1.165, 1.54) is 17.3 Å². The van der Waals surface area contributed by atoms with Crippen LogP contribution in [0.4, 0.5) is 5.69 Å². The van der Waals surface area contributed by atoms with Crippen LogP contribution in [0.15, 0.2) is 41.6 Å². The third-order valence-electron chi connectivity index (χ3n) is 3.65. The maximum Gasteiger partial charge on any atom is 0.234 e. The minimum atomic E-state index is -0.206. The summed E-state index contributed by atoms with van der Waals surface area (Å²) in [4.78, 5) is 12.2. The molecule has 26 heavy (non-hydrogen) atoms. The summed E-state index contributed by atoms with van der Waals surface area (Å²) in [5, 5.41) is 15.9. The number of halogens is 2. The van der Waals surface area contributed by atoms with Crippen molar-refractivity contribution in [3.05, 3.63) is 57.6 Å². The molecule has 1 amide bonds. The number of aromatic nitrogens is 4. The summed E-state index contributed by atoms with van der Waals surface area (Å²) in [5.74, 6) is -0.0574. The number of hydrogen-bond acceptors (Lipinski definition) is 5. The van der Waals surface area contributed by atoms with Gasteiger partial charge in [-0.2, -0.15) is 4.68 Å². The summed E-state index contributed by atoms with van der Waals surface area (Å²) in [7, 11) is 0. The summed E-state index contributed by atoms with van der Waals surface area (Å²) in [6.07, 6.45) is 0. The van der Waals surface area contributed by atoms with Crippen molar-refractivity contribution in [1.29, 1.82) is 0 Å². The molecular weight excluding hydrogens is 393 g/mol. The number of nitrogens with one attached hydrogen (secondary N) is 1. The summed E-state index contributed by atoms with van der Waals surface area (Å²) < 4.78 is 1.61. The van der Waals surface area contributed by atoms with E-state index in [4.69, 9.17) is 23.2 Å². The van der Waals surface area contributed by atoms with Gasteiger partial charge in [0.05, 0.1) is 11.4 Å². The van der Waals surface area contributed by atoms with Gasteiger partial charge >= 0.3 is 0 Å². The van der Waals surface area contributed by atoms with E-state index in [2.05, 4.69) is 20.8 Å². The highest BCUT2D eigenvalue weighted by atomic mass is 35.5. The Kier molecular flexibility index (Phi) is 5.80. The summed E-state index contributed by atoms with van der Waals surface area (Å²) >= 11 is 13.1. The smallest absolute Gasteiger partial charge is 0.234 e. The molecule has 0 bridgehead atoms. The molecular formula is C17H15Cl2N5OS. The van der Waals surface area contributed by atoms with Gasteiger partial charge in [0.1, 0.15) is 0 Å². The lowest BCUT2D eigenvalue weighted by molar-refractivity contribution is -0.113. The summed E-state index contributed by atoms with van der Waals surface area (Å²) in [6.45, 7) is 4.07. The normalized spacial score (nSPS) is 10.8. The number of nitrogens with zero attached hydrogens (tertiary/aromatic N) is 4.